The van der Waals surface area contributed by atoms with Gasteiger partial charge in [0.2, 0.25) is 15.9 Å². The number of nitrogens with one attached hydrogen (secondary N) is 1. The molecule has 5 N–H and O–H groups in total. The number of rotatable bonds is 4. The van der Waals surface area contributed by atoms with Crippen LogP contribution in [-0.4, -0.2) is 26.4 Å². The van der Waals surface area contributed by atoms with Gasteiger partial charge in [0.15, 0.2) is 0 Å². The molecule has 0 aromatic heterocycles. The average molecular weight is 311 g/mol. The van der Waals surface area contributed by atoms with Crippen molar-refractivity contribution in [1.29, 1.82) is 0 Å². The summed E-state index contributed by atoms with van der Waals surface area (Å²) in [5.41, 5.74) is 12.1. The first kappa shape index (κ1) is 15.9. The molecule has 0 bridgehead atoms. The second-order valence-electron chi connectivity index (χ2n) is 5.52. The molecule has 1 fully saturated rings. The van der Waals surface area contributed by atoms with E-state index >= 15 is 0 Å². The van der Waals surface area contributed by atoms with Crippen molar-refractivity contribution in [2.45, 2.75) is 49.6 Å². The van der Waals surface area contributed by atoms with E-state index in [-0.39, 0.29) is 22.5 Å². The Hall–Kier alpha value is -1.44. The Bertz CT molecular complexity index is 643. The van der Waals surface area contributed by atoms with Crippen molar-refractivity contribution < 1.29 is 13.2 Å². The van der Waals surface area contributed by atoms with Crippen molar-refractivity contribution in [1.82, 2.24) is 4.72 Å². The minimum absolute atomic E-state index is 0.0414. The quantitative estimate of drug-likeness (QED) is 0.756. The zero-order valence-corrected chi connectivity index (χ0v) is 12.8. The van der Waals surface area contributed by atoms with E-state index in [1.807, 2.05) is 0 Å². The van der Waals surface area contributed by atoms with Crippen molar-refractivity contribution >= 4 is 15.9 Å². The number of benzene rings is 1. The number of aryl methyl sites for hydroxylation is 1. The highest BCUT2D eigenvalue weighted by Crippen LogP contribution is 2.20. The molecule has 116 valence electrons. The van der Waals surface area contributed by atoms with Crippen LogP contribution in [0.25, 0.3) is 0 Å². The van der Waals surface area contributed by atoms with Gasteiger partial charge in [0.25, 0.3) is 0 Å². The Morgan fingerprint density at radius 1 is 1.29 bits per heavy atom. The van der Waals surface area contributed by atoms with Crippen molar-refractivity contribution in [2.75, 3.05) is 0 Å². The predicted molar refractivity (Wildman–Crippen MR) is 80.2 cm³/mol. The largest absolute Gasteiger partial charge is 0.366 e. The van der Waals surface area contributed by atoms with E-state index in [1.54, 1.807) is 13.0 Å². The number of sulfonamides is 1. The number of hydrogen-bond acceptors (Lipinski definition) is 4. The fourth-order valence-corrected chi connectivity index (χ4v) is 3.95. The lowest BCUT2D eigenvalue weighted by Crippen LogP contribution is -2.49. The summed E-state index contributed by atoms with van der Waals surface area (Å²) in [6.45, 7) is 1.71. The first-order valence-corrected chi connectivity index (χ1v) is 8.48. The molecule has 1 aliphatic carbocycles. The van der Waals surface area contributed by atoms with Crippen molar-refractivity contribution in [2.24, 2.45) is 11.5 Å². The molecule has 7 heteroatoms. The summed E-state index contributed by atoms with van der Waals surface area (Å²) < 4.78 is 27.5. The molecule has 0 saturated heterocycles. The van der Waals surface area contributed by atoms with E-state index in [9.17, 15) is 13.2 Å². The summed E-state index contributed by atoms with van der Waals surface area (Å²) in [5, 5.41) is 0. The number of nitrogens with two attached hydrogens (primary N) is 2. The molecule has 1 amide bonds. The van der Waals surface area contributed by atoms with Crippen LogP contribution >= 0.6 is 0 Å². The standard InChI is InChI=1S/C14H21N3O3S/c1-9-6-7-10(8-11(9)14(16)18)21(19,20)17-13-5-3-2-4-12(13)15/h6-8,12-13,17H,2-5,15H2,1H3,(H2,16,18)/t12-,13-/m1/s1. The number of primary amides is 1. The second-order valence-corrected chi connectivity index (χ2v) is 7.23. The Balaban J connectivity index is 2.27. The van der Waals surface area contributed by atoms with Crippen LogP contribution in [-0.2, 0) is 10.0 Å². The fraction of sp³-hybridized carbons (Fsp3) is 0.500. The minimum Gasteiger partial charge on any atom is -0.366 e. The molecule has 1 aromatic carbocycles. The summed E-state index contributed by atoms with van der Waals surface area (Å²) >= 11 is 0. The maximum absolute atomic E-state index is 12.4. The molecule has 0 spiro atoms. The normalized spacial score (nSPS) is 23.0. The van der Waals surface area contributed by atoms with Gasteiger partial charge in [-0.15, -0.1) is 0 Å². The predicted octanol–water partition coefficient (Wildman–Crippen LogP) is 0.642. The summed E-state index contributed by atoms with van der Waals surface area (Å²) in [7, 11) is -3.70. The van der Waals surface area contributed by atoms with Crippen molar-refractivity contribution in [3.8, 4) is 0 Å². The molecule has 0 heterocycles. The lowest BCUT2D eigenvalue weighted by atomic mass is 9.92. The van der Waals surface area contributed by atoms with E-state index in [1.165, 1.54) is 12.1 Å². The first-order chi connectivity index (χ1) is 9.81. The number of amides is 1. The molecule has 0 aliphatic heterocycles. The third-order valence-corrected chi connectivity index (χ3v) is 5.40. The summed E-state index contributed by atoms with van der Waals surface area (Å²) in [4.78, 5) is 11.4. The SMILES string of the molecule is Cc1ccc(S(=O)(=O)N[C@@H]2CCCC[C@H]2N)cc1C(N)=O. The second kappa shape index (κ2) is 6.13. The van der Waals surface area contributed by atoms with Gasteiger partial charge in [0.05, 0.1) is 4.90 Å². The van der Waals surface area contributed by atoms with E-state index in [4.69, 9.17) is 11.5 Å². The first-order valence-electron chi connectivity index (χ1n) is 6.99. The molecule has 2 atom stereocenters. The highest BCUT2D eigenvalue weighted by Gasteiger charge is 2.27. The molecule has 21 heavy (non-hydrogen) atoms. The number of carbonyl (C=O) groups excluding carboxylic acids is 1. The van der Waals surface area contributed by atoms with Gasteiger partial charge in [0.1, 0.15) is 0 Å². The molecule has 1 saturated carbocycles. The Morgan fingerprint density at radius 3 is 2.57 bits per heavy atom. The molecule has 0 radical (unpaired) electrons. The summed E-state index contributed by atoms with van der Waals surface area (Å²) in [6.07, 6.45) is 3.53. The Morgan fingerprint density at radius 2 is 1.95 bits per heavy atom. The van der Waals surface area contributed by atoms with Crippen LogP contribution in [0.4, 0.5) is 0 Å². The summed E-state index contributed by atoms with van der Waals surface area (Å²) in [5.74, 6) is -0.640. The Labute approximate surface area is 124 Å². The van der Waals surface area contributed by atoms with Crippen LogP contribution in [0, 0.1) is 6.92 Å². The van der Waals surface area contributed by atoms with Gasteiger partial charge in [0, 0.05) is 17.6 Å². The Kier molecular flexibility index (Phi) is 4.65. The molecule has 0 unspecified atom stereocenters. The zero-order valence-electron chi connectivity index (χ0n) is 12.0. The van der Waals surface area contributed by atoms with Gasteiger partial charge in [-0.1, -0.05) is 18.9 Å². The van der Waals surface area contributed by atoms with Crippen LogP contribution in [0.2, 0.25) is 0 Å². The van der Waals surface area contributed by atoms with Crippen LogP contribution in [0.5, 0.6) is 0 Å². The smallest absolute Gasteiger partial charge is 0.249 e. The molecule has 2 rings (SSSR count). The third kappa shape index (κ3) is 3.61. The van der Waals surface area contributed by atoms with E-state index in [2.05, 4.69) is 4.72 Å². The van der Waals surface area contributed by atoms with Crippen LogP contribution in [0.3, 0.4) is 0 Å². The molecular formula is C14H21N3O3S. The average Bonchev–Trinajstić information content (AvgIpc) is 2.41. The molecular weight excluding hydrogens is 290 g/mol. The van der Waals surface area contributed by atoms with Crippen molar-refractivity contribution in [3.63, 3.8) is 0 Å². The topological polar surface area (TPSA) is 115 Å². The van der Waals surface area contributed by atoms with Crippen LogP contribution in [0.1, 0.15) is 41.6 Å². The van der Waals surface area contributed by atoms with Gasteiger partial charge in [-0.05, 0) is 37.5 Å². The maximum atomic E-state index is 12.4. The van der Waals surface area contributed by atoms with Crippen LogP contribution in [0.15, 0.2) is 23.1 Å². The summed E-state index contributed by atoms with van der Waals surface area (Å²) in [6, 6.07) is 3.93. The van der Waals surface area contributed by atoms with Gasteiger partial charge < -0.3 is 11.5 Å². The van der Waals surface area contributed by atoms with E-state index in [0.717, 1.165) is 25.7 Å². The van der Waals surface area contributed by atoms with Crippen molar-refractivity contribution in [3.05, 3.63) is 29.3 Å². The molecule has 1 aromatic rings. The monoisotopic (exact) mass is 311 g/mol. The fourth-order valence-electron chi connectivity index (χ4n) is 2.61. The lowest BCUT2D eigenvalue weighted by Gasteiger charge is -2.29. The molecule has 6 nitrogen and oxygen atoms in total. The lowest BCUT2D eigenvalue weighted by molar-refractivity contribution is 0.0999. The number of carbonyl (C=O) groups is 1. The highest BCUT2D eigenvalue weighted by atomic mass is 32.2. The van der Waals surface area contributed by atoms with E-state index in [0.29, 0.717) is 5.56 Å². The van der Waals surface area contributed by atoms with E-state index < -0.39 is 15.9 Å². The van der Waals surface area contributed by atoms with Gasteiger partial charge >= 0.3 is 0 Å². The van der Waals surface area contributed by atoms with Crippen LogP contribution < -0.4 is 16.2 Å². The maximum Gasteiger partial charge on any atom is 0.249 e. The van der Waals surface area contributed by atoms with Gasteiger partial charge in [-0.25, -0.2) is 13.1 Å². The van der Waals surface area contributed by atoms with Gasteiger partial charge in [-0.2, -0.15) is 0 Å². The minimum atomic E-state index is -3.70. The highest BCUT2D eigenvalue weighted by molar-refractivity contribution is 7.89. The zero-order chi connectivity index (χ0) is 15.6. The molecule has 1 aliphatic rings. The third-order valence-electron chi connectivity index (χ3n) is 3.91. The number of hydrogen-bond donors (Lipinski definition) is 3. The van der Waals surface area contributed by atoms with Gasteiger partial charge in [-0.3, -0.25) is 4.79 Å².